The Morgan fingerprint density at radius 3 is 2.65 bits per heavy atom. The molecule has 0 aliphatic carbocycles. The molecule has 5 heteroatoms. The monoisotopic (exact) mass is 458 g/mol. The summed E-state index contributed by atoms with van der Waals surface area (Å²) in [6.07, 6.45) is 0.848. The fraction of sp³-hybridized carbons (Fsp3) is 0.143. The summed E-state index contributed by atoms with van der Waals surface area (Å²) >= 11 is 2.23. The van der Waals surface area contributed by atoms with E-state index in [1.807, 2.05) is 74.5 Å². The number of rotatable bonds is 5. The lowest BCUT2D eigenvalue weighted by Crippen LogP contribution is -2.14. The van der Waals surface area contributed by atoms with E-state index in [0.29, 0.717) is 17.0 Å². The number of benzene rings is 2. The zero-order chi connectivity index (χ0) is 18.5. The molecule has 0 unspecified atom stereocenters. The van der Waals surface area contributed by atoms with Crippen molar-refractivity contribution in [1.29, 1.82) is 0 Å². The molecule has 1 heterocycles. The molecule has 0 saturated carbocycles. The molecule has 1 aromatic heterocycles. The summed E-state index contributed by atoms with van der Waals surface area (Å²) in [5, 5.41) is 2.92. The van der Waals surface area contributed by atoms with Crippen LogP contribution in [0.4, 0.5) is 5.69 Å². The van der Waals surface area contributed by atoms with Gasteiger partial charge in [0.05, 0.1) is 14.8 Å². The highest BCUT2D eigenvalue weighted by atomic mass is 127. The van der Waals surface area contributed by atoms with Gasteiger partial charge in [-0.3, -0.25) is 9.78 Å². The van der Waals surface area contributed by atoms with Crippen molar-refractivity contribution < 1.29 is 9.53 Å². The molecule has 0 fully saturated rings. The minimum atomic E-state index is -0.177. The summed E-state index contributed by atoms with van der Waals surface area (Å²) in [6.45, 7) is 3.89. The van der Waals surface area contributed by atoms with Crippen LogP contribution in [0.1, 0.15) is 28.7 Å². The fourth-order valence-electron chi connectivity index (χ4n) is 2.54. The molecule has 26 heavy (non-hydrogen) atoms. The third-order valence-corrected chi connectivity index (χ3v) is 4.80. The van der Waals surface area contributed by atoms with Crippen molar-refractivity contribution in [3.63, 3.8) is 0 Å². The number of anilines is 1. The van der Waals surface area contributed by atoms with E-state index in [9.17, 15) is 4.79 Å². The van der Waals surface area contributed by atoms with Crippen LogP contribution in [0, 0.1) is 10.5 Å². The van der Waals surface area contributed by atoms with Gasteiger partial charge in [-0.15, -0.1) is 0 Å². The first-order chi connectivity index (χ1) is 12.6. The SMILES string of the molecule is CCc1ccc(C(=O)Nc2cccc(Oc3ccccc3I)c2)c(C)n1. The topological polar surface area (TPSA) is 51.2 Å². The standard InChI is InChI=1S/C21H19IN2O2/c1-3-15-11-12-18(14(2)23-15)21(25)24-16-7-6-8-17(13-16)26-20-10-5-4-9-19(20)22/h4-13H,3H2,1-2H3,(H,24,25). The van der Waals surface area contributed by atoms with Crippen LogP contribution in [-0.2, 0) is 6.42 Å². The second kappa shape index (κ2) is 8.31. The maximum atomic E-state index is 12.6. The number of para-hydroxylation sites is 1. The molecule has 4 nitrogen and oxygen atoms in total. The fourth-order valence-corrected chi connectivity index (χ4v) is 3.04. The number of ether oxygens (including phenoxy) is 1. The highest BCUT2D eigenvalue weighted by Gasteiger charge is 2.11. The highest BCUT2D eigenvalue weighted by molar-refractivity contribution is 14.1. The Balaban J connectivity index is 1.76. The second-order valence-corrected chi connectivity index (χ2v) is 6.97. The Kier molecular flexibility index (Phi) is 5.88. The van der Waals surface area contributed by atoms with Crippen LogP contribution < -0.4 is 10.1 Å². The normalized spacial score (nSPS) is 10.4. The molecule has 0 radical (unpaired) electrons. The maximum Gasteiger partial charge on any atom is 0.257 e. The van der Waals surface area contributed by atoms with Crippen molar-refractivity contribution in [2.75, 3.05) is 5.32 Å². The molecule has 3 rings (SSSR count). The van der Waals surface area contributed by atoms with Gasteiger partial charge in [0.25, 0.3) is 5.91 Å². The number of pyridine rings is 1. The molecule has 1 amide bonds. The summed E-state index contributed by atoms with van der Waals surface area (Å²) in [5.41, 5.74) is 2.96. The molecule has 3 aromatic rings. The quantitative estimate of drug-likeness (QED) is 0.507. The van der Waals surface area contributed by atoms with Crippen LogP contribution in [0.15, 0.2) is 60.7 Å². The zero-order valence-corrected chi connectivity index (χ0v) is 16.8. The smallest absolute Gasteiger partial charge is 0.257 e. The van der Waals surface area contributed by atoms with Crippen LogP contribution in [0.3, 0.4) is 0 Å². The van der Waals surface area contributed by atoms with Gasteiger partial charge in [0.15, 0.2) is 0 Å². The predicted molar refractivity (Wildman–Crippen MR) is 112 cm³/mol. The van der Waals surface area contributed by atoms with Crippen LogP contribution in [0.5, 0.6) is 11.5 Å². The molecule has 0 saturated heterocycles. The number of nitrogens with zero attached hydrogens (tertiary/aromatic N) is 1. The van der Waals surface area contributed by atoms with Gasteiger partial charge in [-0.05, 0) is 72.3 Å². The first-order valence-electron chi connectivity index (χ1n) is 8.37. The van der Waals surface area contributed by atoms with E-state index >= 15 is 0 Å². The average molecular weight is 458 g/mol. The summed E-state index contributed by atoms with van der Waals surface area (Å²) in [4.78, 5) is 17.0. The van der Waals surface area contributed by atoms with Gasteiger partial charge in [0.1, 0.15) is 11.5 Å². The van der Waals surface area contributed by atoms with Crippen molar-refractivity contribution in [3.8, 4) is 11.5 Å². The molecule has 0 spiro atoms. The van der Waals surface area contributed by atoms with Crippen LogP contribution >= 0.6 is 22.6 Å². The van der Waals surface area contributed by atoms with E-state index in [0.717, 1.165) is 27.1 Å². The molecular formula is C21H19IN2O2. The summed E-state index contributed by atoms with van der Waals surface area (Å²) in [6, 6.07) is 18.9. The van der Waals surface area contributed by atoms with E-state index in [-0.39, 0.29) is 5.91 Å². The average Bonchev–Trinajstić information content (AvgIpc) is 2.63. The third kappa shape index (κ3) is 4.40. The summed E-state index contributed by atoms with van der Waals surface area (Å²) < 4.78 is 6.95. The van der Waals surface area contributed by atoms with Crippen LogP contribution in [0.2, 0.25) is 0 Å². The third-order valence-electron chi connectivity index (χ3n) is 3.91. The number of carbonyl (C=O) groups excluding carboxylic acids is 1. The summed E-state index contributed by atoms with van der Waals surface area (Å²) in [7, 11) is 0. The van der Waals surface area contributed by atoms with Crippen LogP contribution in [0.25, 0.3) is 0 Å². The molecule has 0 atom stereocenters. The Bertz CT molecular complexity index is 941. The number of carbonyl (C=O) groups is 1. The van der Waals surface area contributed by atoms with E-state index in [1.165, 1.54) is 0 Å². The van der Waals surface area contributed by atoms with E-state index in [2.05, 4.69) is 32.9 Å². The first-order valence-corrected chi connectivity index (χ1v) is 9.45. The van der Waals surface area contributed by atoms with Crippen molar-refractivity contribution in [2.45, 2.75) is 20.3 Å². The predicted octanol–water partition coefficient (Wildman–Crippen LogP) is 5.60. The lowest BCUT2D eigenvalue weighted by molar-refractivity contribution is 0.102. The number of aryl methyl sites for hydroxylation is 2. The molecule has 2 aromatic carbocycles. The van der Waals surface area contributed by atoms with Crippen molar-refractivity contribution in [2.24, 2.45) is 0 Å². The van der Waals surface area contributed by atoms with E-state index in [1.54, 1.807) is 0 Å². The number of halogens is 1. The Labute approximate surface area is 166 Å². The van der Waals surface area contributed by atoms with E-state index < -0.39 is 0 Å². The zero-order valence-electron chi connectivity index (χ0n) is 14.6. The van der Waals surface area contributed by atoms with E-state index in [4.69, 9.17) is 4.74 Å². The maximum absolute atomic E-state index is 12.6. The largest absolute Gasteiger partial charge is 0.456 e. The van der Waals surface area contributed by atoms with Crippen molar-refractivity contribution in [3.05, 3.63) is 81.2 Å². The Morgan fingerprint density at radius 1 is 1.12 bits per heavy atom. The lowest BCUT2D eigenvalue weighted by atomic mass is 10.1. The van der Waals surface area contributed by atoms with Gasteiger partial charge in [-0.2, -0.15) is 0 Å². The minimum Gasteiger partial charge on any atom is -0.456 e. The molecule has 0 bridgehead atoms. The van der Waals surface area contributed by atoms with Gasteiger partial charge in [-0.25, -0.2) is 0 Å². The number of aromatic nitrogens is 1. The molecule has 132 valence electrons. The van der Waals surface area contributed by atoms with Gasteiger partial charge < -0.3 is 10.1 Å². The number of nitrogens with one attached hydrogen (secondary N) is 1. The second-order valence-electron chi connectivity index (χ2n) is 5.80. The molecule has 0 aliphatic rings. The first kappa shape index (κ1) is 18.4. The van der Waals surface area contributed by atoms with Gasteiger partial charge >= 0.3 is 0 Å². The number of hydrogen-bond donors (Lipinski definition) is 1. The lowest BCUT2D eigenvalue weighted by Gasteiger charge is -2.11. The van der Waals surface area contributed by atoms with Crippen LogP contribution in [-0.4, -0.2) is 10.9 Å². The number of hydrogen-bond acceptors (Lipinski definition) is 3. The number of amides is 1. The highest BCUT2D eigenvalue weighted by Crippen LogP contribution is 2.28. The van der Waals surface area contributed by atoms with Gasteiger partial charge in [0.2, 0.25) is 0 Å². The Hall–Kier alpha value is -2.41. The van der Waals surface area contributed by atoms with Gasteiger partial charge in [0, 0.05) is 17.4 Å². The molecule has 0 aliphatic heterocycles. The van der Waals surface area contributed by atoms with Crippen molar-refractivity contribution >= 4 is 34.2 Å². The summed E-state index contributed by atoms with van der Waals surface area (Å²) in [5.74, 6) is 1.28. The van der Waals surface area contributed by atoms with Crippen molar-refractivity contribution in [1.82, 2.24) is 4.98 Å². The Morgan fingerprint density at radius 2 is 1.92 bits per heavy atom. The molecule has 1 N–H and O–H groups in total. The van der Waals surface area contributed by atoms with Gasteiger partial charge in [-0.1, -0.05) is 25.1 Å². The molecular weight excluding hydrogens is 439 g/mol. The minimum absolute atomic E-state index is 0.177.